The Kier molecular flexibility index (Phi) is 6.52. The summed E-state index contributed by atoms with van der Waals surface area (Å²) in [6.45, 7) is 3.87. The number of halogens is 1. The number of hydrogen-bond donors (Lipinski definition) is 2. The first-order valence-electron chi connectivity index (χ1n) is 9.13. The number of amides is 3. The van der Waals surface area contributed by atoms with Crippen molar-refractivity contribution in [3.63, 3.8) is 0 Å². The van der Waals surface area contributed by atoms with Crippen LogP contribution in [0.3, 0.4) is 0 Å². The number of rotatable bonds is 5. The molecular weight excluding hydrogens is 388 g/mol. The van der Waals surface area contributed by atoms with E-state index in [1.54, 1.807) is 42.5 Å². The zero-order chi connectivity index (χ0) is 20.8. The highest BCUT2D eigenvalue weighted by molar-refractivity contribution is 6.34. The molecule has 0 saturated heterocycles. The van der Waals surface area contributed by atoms with Crippen molar-refractivity contribution in [2.24, 2.45) is 0 Å². The van der Waals surface area contributed by atoms with Gasteiger partial charge in [-0.3, -0.25) is 10.1 Å². The highest BCUT2D eigenvalue weighted by Gasteiger charge is 2.14. The first-order valence-corrected chi connectivity index (χ1v) is 9.51. The Morgan fingerprint density at radius 2 is 1.66 bits per heavy atom. The molecule has 3 amide bonds. The van der Waals surface area contributed by atoms with Crippen LogP contribution in [0.5, 0.6) is 5.75 Å². The van der Waals surface area contributed by atoms with E-state index in [9.17, 15) is 9.59 Å². The first kappa shape index (κ1) is 20.4. The van der Waals surface area contributed by atoms with Gasteiger partial charge in [-0.15, -0.1) is 0 Å². The molecule has 0 heterocycles. The Morgan fingerprint density at radius 1 is 0.966 bits per heavy atom. The van der Waals surface area contributed by atoms with Gasteiger partial charge in [0.2, 0.25) is 0 Å². The highest BCUT2D eigenvalue weighted by atomic mass is 35.5. The molecule has 0 fully saturated rings. The Morgan fingerprint density at radius 3 is 2.34 bits per heavy atom. The fourth-order valence-corrected chi connectivity index (χ4v) is 3.04. The third-order valence-electron chi connectivity index (χ3n) is 4.35. The summed E-state index contributed by atoms with van der Waals surface area (Å²) in [6.07, 6.45) is -0.106. The molecule has 3 aromatic carbocycles. The number of aryl methyl sites for hydroxylation is 1. The second-order valence-electron chi connectivity index (χ2n) is 6.54. The molecule has 0 radical (unpaired) electrons. The lowest BCUT2D eigenvalue weighted by atomic mass is 10.1. The van der Waals surface area contributed by atoms with Crippen LogP contribution in [0.4, 0.5) is 10.5 Å². The van der Waals surface area contributed by atoms with Gasteiger partial charge >= 0.3 is 6.03 Å². The summed E-state index contributed by atoms with van der Waals surface area (Å²) >= 11 is 5.98. The van der Waals surface area contributed by atoms with Gasteiger partial charge in [-0.1, -0.05) is 54.1 Å². The average Bonchev–Trinajstić information content (AvgIpc) is 2.70. The molecule has 0 bridgehead atoms. The molecule has 1 unspecified atom stereocenters. The minimum Gasteiger partial charge on any atom is -0.486 e. The van der Waals surface area contributed by atoms with Crippen LogP contribution >= 0.6 is 11.6 Å². The predicted octanol–water partition coefficient (Wildman–Crippen LogP) is 5.75. The van der Waals surface area contributed by atoms with Crippen LogP contribution in [0, 0.1) is 6.92 Å². The van der Waals surface area contributed by atoms with E-state index in [-0.39, 0.29) is 16.7 Å². The Balaban J connectivity index is 1.62. The van der Waals surface area contributed by atoms with E-state index in [1.165, 1.54) is 0 Å². The predicted molar refractivity (Wildman–Crippen MR) is 115 cm³/mol. The molecule has 6 heteroatoms. The van der Waals surface area contributed by atoms with E-state index in [2.05, 4.69) is 10.6 Å². The Labute approximate surface area is 174 Å². The van der Waals surface area contributed by atoms with Gasteiger partial charge in [0.25, 0.3) is 5.91 Å². The van der Waals surface area contributed by atoms with Crippen molar-refractivity contribution in [3.8, 4) is 5.75 Å². The molecule has 0 aromatic heterocycles. The van der Waals surface area contributed by atoms with Gasteiger partial charge in [0, 0.05) is 5.69 Å². The quantitative estimate of drug-likeness (QED) is 0.564. The van der Waals surface area contributed by atoms with E-state index in [1.807, 2.05) is 44.2 Å². The molecule has 0 aliphatic carbocycles. The van der Waals surface area contributed by atoms with Gasteiger partial charge < -0.3 is 10.1 Å². The third kappa shape index (κ3) is 5.36. The van der Waals surface area contributed by atoms with E-state index in [0.717, 1.165) is 16.9 Å². The molecule has 2 N–H and O–H groups in total. The fraction of sp³-hybridized carbons (Fsp3) is 0.130. The van der Waals surface area contributed by atoms with Crippen LogP contribution < -0.4 is 15.4 Å². The zero-order valence-electron chi connectivity index (χ0n) is 16.1. The van der Waals surface area contributed by atoms with Crippen molar-refractivity contribution < 1.29 is 14.3 Å². The molecular formula is C23H21ClN2O3. The van der Waals surface area contributed by atoms with Gasteiger partial charge in [-0.25, -0.2) is 4.79 Å². The SMILES string of the molecule is Cc1cc(NC(=O)NC(=O)c2ccccc2Cl)ccc1OC(C)c1ccccc1. The van der Waals surface area contributed by atoms with Gasteiger partial charge in [0.05, 0.1) is 10.6 Å². The molecule has 0 saturated carbocycles. The fourth-order valence-electron chi connectivity index (χ4n) is 2.82. The number of carbonyl (C=O) groups is 2. The largest absolute Gasteiger partial charge is 0.486 e. The molecule has 3 aromatic rings. The van der Waals surface area contributed by atoms with Gasteiger partial charge in [-0.2, -0.15) is 0 Å². The van der Waals surface area contributed by atoms with Crippen LogP contribution in [0.25, 0.3) is 0 Å². The lowest BCUT2D eigenvalue weighted by Gasteiger charge is -2.17. The average molecular weight is 409 g/mol. The van der Waals surface area contributed by atoms with E-state index >= 15 is 0 Å². The third-order valence-corrected chi connectivity index (χ3v) is 4.68. The molecule has 0 aliphatic heterocycles. The second-order valence-corrected chi connectivity index (χ2v) is 6.95. The standard InChI is InChI=1S/C23H21ClN2O3/c1-15-14-18(12-13-21(15)29-16(2)17-8-4-3-5-9-17)25-23(28)26-22(27)19-10-6-7-11-20(19)24/h3-14,16H,1-2H3,(H2,25,26,27,28). The maximum Gasteiger partial charge on any atom is 0.326 e. The monoisotopic (exact) mass is 408 g/mol. The van der Waals surface area contributed by atoms with Crippen molar-refractivity contribution in [3.05, 3.63) is 94.5 Å². The van der Waals surface area contributed by atoms with Gasteiger partial charge in [0.1, 0.15) is 11.9 Å². The van der Waals surface area contributed by atoms with E-state index < -0.39 is 11.9 Å². The zero-order valence-corrected chi connectivity index (χ0v) is 16.9. The number of urea groups is 1. The summed E-state index contributed by atoms with van der Waals surface area (Å²) in [5.41, 5.74) is 2.72. The molecule has 29 heavy (non-hydrogen) atoms. The summed E-state index contributed by atoms with van der Waals surface area (Å²) in [7, 11) is 0. The number of nitrogens with one attached hydrogen (secondary N) is 2. The number of hydrogen-bond acceptors (Lipinski definition) is 3. The maximum atomic E-state index is 12.2. The summed E-state index contributed by atoms with van der Waals surface area (Å²) in [5, 5.41) is 5.19. The molecule has 148 valence electrons. The Bertz CT molecular complexity index is 1020. The van der Waals surface area contributed by atoms with Crippen molar-refractivity contribution in [2.75, 3.05) is 5.32 Å². The van der Waals surface area contributed by atoms with Gasteiger partial charge in [-0.05, 0) is 55.3 Å². The molecule has 1 atom stereocenters. The summed E-state index contributed by atoms with van der Waals surface area (Å²) < 4.78 is 6.03. The summed E-state index contributed by atoms with van der Waals surface area (Å²) in [4.78, 5) is 24.3. The number of carbonyl (C=O) groups excluding carboxylic acids is 2. The smallest absolute Gasteiger partial charge is 0.326 e. The molecule has 5 nitrogen and oxygen atoms in total. The lowest BCUT2D eigenvalue weighted by Crippen LogP contribution is -2.34. The maximum absolute atomic E-state index is 12.2. The van der Waals surface area contributed by atoms with Crippen LogP contribution in [-0.4, -0.2) is 11.9 Å². The lowest BCUT2D eigenvalue weighted by molar-refractivity contribution is 0.0967. The van der Waals surface area contributed by atoms with Crippen molar-refractivity contribution in [2.45, 2.75) is 20.0 Å². The van der Waals surface area contributed by atoms with Gasteiger partial charge in [0.15, 0.2) is 0 Å². The Hall–Kier alpha value is -3.31. The highest BCUT2D eigenvalue weighted by Crippen LogP contribution is 2.27. The van der Waals surface area contributed by atoms with Crippen LogP contribution in [0.15, 0.2) is 72.8 Å². The van der Waals surface area contributed by atoms with Crippen LogP contribution in [-0.2, 0) is 0 Å². The molecule has 3 rings (SSSR count). The first-order chi connectivity index (χ1) is 13.9. The van der Waals surface area contributed by atoms with E-state index in [4.69, 9.17) is 16.3 Å². The normalized spacial score (nSPS) is 11.4. The molecule has 0 spiro atoms. The van der Waals surface area contributed by atoms with E-state index in [0.29, 0.717) is 5.69 Å². The summed E-state index contributed by atoms with van der Waals surface area (Å²) in [5.74, 6) is 0.154. The van der Waals surface area contributed by atoms with Crippen molar-refractivity contribution >= 4 is 29.2 Å². The van der Waals surface area contributed by atoms with Crippen molar-refractivity contribution in [1.82, 2.24) is 5.32 Å². The minimum atomic E-state index is -0.638. The second kappa shape index (κ2) is 9.26. The summed E-state index contributed by atoms with van der Waals surface area (Å²) in [6, 6.07) is 21.1. The topological polar surface area (TPSA) is 67.4 Å². The number of imide groups is 1. The minimum absolute atomic E-state index is 0.106. The van der Waals surface area contributed by atoms with Crippen LogP contribution in [0.1, 0.15) is 34.5 Å². The number of ether oxygens (including phenoxy) is 1. The number of benzene rings is 3. The van der Waals surface area contributed by atoms with Crippen LogP contribution in [0.2, 0.25) is 5.02 Å². The number of anilines is 1. The van der Waals surface area contributed by atoms with Crippen molar-refractivity contribution in [1.29, 1.82) is 0 Å². The molecule has 0 aliphatic rings.